The van der Waals surface area contributed by atoms with E-state index in [1.807, 2.05) is 30.3 Å². The number of hydrogen-bond donors (Lipinski definition) is 0. The molecule has 0 N–H and O–H groups in total. The topological polar surface area (TPSA) is 47.4 Å². The number of anilines is 1. The number of para-hydroxylation sites is 3. The minimum atomic E-state index is -0.311. The predicted molar refractivity (Wildman–Crippen MR) is 136 cm³/mol. The Morgan fingerprint density at radius 1 is 1.06 bits per heavy atom. The lowest BCUT2D eigenvalue weighted by Gasteiger charge is -2.18. The lowest BCUT2D eigenvalue weighted by molar-refractivity contribution is -0.117. The number of benzene rings is 3. The lowest BCUT2D eigenvalue weighted by atomic mass is 9.98. The summed E-state index contributed by atoms with van der Waals surface area (Å²) in [6.07, 6.45) is 1.43. The Hall–Kier alpha value is -3.67. The summed E-state index contributed by atoms with van der Waals surface area (Å²) < 4.78 is 21.8. The molecule has 1 saturated heterocycles. The van der Waals surface area contributed by atoms with E-state index in [9.17, 15) is 9.18 Å². The van der Waals surface area contributed by atoms with Crippen molar-refractivity contribution in [2.24, 2.45) is 0 Å². The zero-order valence-electron chi connectivity index (χ0n) is 20.2. The monoisotopic (exact) mass is 471 g/mol. The van der Waals surface area contributed by atoms with Gasteiger partial charge in [0.25, 0.3) is 0 Å². The molecule has 0 saturated carbocycles. The van der Waals surface area contributed by atoms with E-state index in [4.69, 9.17) is 9.72 Å². The van der Waals surface area contributed by atoms with Crippen molar-refractivity contribution >= 4 is 22.6 Å². The fourth-order valence-corrected chi connectivity index (χ4v) is 4.88. The highest BCUT2D eigenvalue weighted by Crippen LogP contribution is 2.34. The number of carbonyl (C=O) groups excluding carboxylic acids is 1. The predicted octanol–water partition coefficient (Wildman–Crippen LogP) is 6.29. The largest absolute Gasteiger partial charge is 0.491 e. The van der Waals surface area contributed by atoms with Gasteiger partial charge in [-0.1, -0.05) is 44.2 Å². The standard InChI is InChI=1S/C29H30FN3O2/c1-3-20(2)24-8-4-7-11-27(24)35-17-16-32-26-10-6-5-9-25(26)31-29(32)21-18-28(34)33(19-21)23-14-12-22(30)13-15-23/h4-15,20-21H,3,16-19H2,1-2H3/t20-,21-/m0/s1. The van der Waals surface area contributed by atoms with Crippen LogP contribution in [0.1, 0.15) is 49.9 Å². The molecule has 0 spiro atoms. The molecule has 1 aromatic heterocycles. The average Bonchev–Trinajstić information content (AvgIpc) is 3.45. The SMILES string of the molecule is CC[C@H](C)c1ccccc1OCCn1c([C@H]2CC(=O)N(c3ccc(F)cc3)C2)nc2ccccc21. The summed E-state index contributed by atoms with van der Waals surface area (Å²) in [4.78, 5) is 19.5. The molecule has 2 heterocycles. The van der Waals surface area contributed by atoms with Crippen molar-refractivity contribution in [1.82, 2.24) is 9.55 Å². The molecule has 2 atom stereocenters. The van der Waals surface area contributed by atoms with E-state index in [1.54, 1.807) is 17.0 Å². The molecule has 0 radical (unpaired) electrons. The smallest absolute Gasteiger partial charge is 0.227 e. The third-order valence-electron chi connectivity index (χ3n) is 6.95. The molecule has 4 aromatic rings. The van der Waals surface area contributed by atoms with Gasteiger partial charge in [0, 0.05) is 24.6 Å². The molecule has 3 aromatic carbocycles. The van der Waals surface area contributed by atoms with Crippen LogP contribution in [0.2, 0.25) is 0 Å². The van der Waals surface area contributed by atoms with Gasteiger partial charge in [-0.15, -0.1) is 0 Å². The molecule has 35 heavy (non-hydrogen) atoms. The molecule has 1 fully saturated rings. The summed E-state index contributed by atoms with van der Waals surface area (Å²) in [7, 11) is 0. The van der Waals surface area contributed by atoms with Gasteiger partial charge in [-0.3, -0.25) is 4.79 Å². The molecule has 0 bridgehead atoms. The van der Waals surface area contributed by atoms with Crippen LogP contribution in [0, 0.1) is 5.82 Å². The Morgan fingerprint density at radius 3 is 2.60 bits per heavy atom. The zero-order chi connectivity index (χ0) is 24.4. The third kappa shape index (κ3) is 4.65. The summed E-state index contributed by atoms with van der Waals surface area (Å²) in [5.41, 5.74) is 3.89. The normalized spacial score (nSPS) is 16.7. The molecule has 5 rings (SSSR count). The minimum Gasteiger partial charge on any atom is -0.491 e. The van der Waals surface area contributed by atoms with Crippen molar-refractivity contribution in [2.75, 3.05) is 18.1 Å². The first-order chi connectivity index (χ1) is 17.0. The molecule has 0 unspecified atom stereocenters. The van der Waals surface area contributed by atoms with Crippen LogP contribution in [0.25, 0.3) is 11.0 Å². The molecule has 6 heteroatoms. The summed E-state index contributed by atoms with van der Waals surface area (Å²) in [6.45, 7) is 6.05. The van der Waals surface area contributed by atoms with Gasteiger partial charge in [-0.2, -0.15) is 0 Å². The fraction of sp³-hybridized carbons (Fsp3) is 0.310. The summed E-state index contributed by atoms with van der Waals surface area (Å²) in [5.74, 6) is 1.91. The molecular formula is C29H30FN3O2. The first-order valence-corrected chi connectivity index (χ1v) is 12.3. The Bertz CT molecular complexity index is 1330. The van der Waals surface area contributed by atoms with Crippen molar-refractivity contribution in [1.29, 1.82) is 0 Å². The van der Waals surface area contributed by atoms with Crippen LogP contribution in [-0.2, 0) is 11.3 Å². The highest BCUT2D eigenvalue weighted by atomic mass is 19.1. The maximum atomic E-state index is 13.4. The van der Waals surface area contributed by atoms with Crippen LogP contribution >= 0.6 is 0 Å². The van der Waals surface area contributed by atoms with Crippen molar-refractivity contribution in [3.63, 3.8) is 0 Å². The van der Waals surface area contributed by atoms with Crippen molar-refractivity contribution in [3.05, 3.63) is 90.0 Å². The number of fused-ring (bicyclic) bond motifs is 1. The number of imidazole rings is 1. The van der Waals surface area contributed by atoms with Gasteiger partial charge in [0.05, 0.1) is 17.6 Å². The van der Waals surface area contributed by atoms with Gasteiger partial charge in [0.15, 0.2) is 0 Å². The van der Waals surface area contributed by atoms with Crippen LogP contribution in [-0.4, -0.2) is 28.6 Å². The van der Waals surface area contributed by atoms with Crippen LogP contribution in [0.5, 0.6) is 5.75 Å². The molecule has 1 aliphatic rings. The highest BCUT2D eigenvalue weighted by molar-refractivity contribution is 5.96. The Morgan fingerprint density at radius 2 is 1.80 bits per heavy atom. The maximum Gasteiger partial charge on any atom is 0.227 e. The fourth-order valence-electron chi connectivity index (χ4n) is 4.88. The van der Waals surface area contributed by atoms with Crippen LogP contribution in [0.15, 0.2) is 72.8 Å². The molecule has 0 aliphatic carbocycles. The van der Waals surface area contributed by atoms with Crippen LogP contribution in [0.4, 0.5) is 10.1 Å². The van der Waals surface area contributed by atoms with E-state index >= 15 is 0 Å². The summed E-state index contributed by atoms with van der Waals surface area (Å²) >= 11 is 0. The van der Waals surface area contributed by atoms with Gasteiger partial charge >= 0.3 is 0 Å². The average molecular weight is 472 g/mol. The second-order valence-corrected chi connectivity index (χ2v) is 9.19. The van der Waals surface area contributed by atoms with Gasteiger partial charge in [0.2, 0.25) is 5.91 Å². The number of nitrogens with zero attached hydrogens (tertiary/aromatic N) is 3. The summed E-state index contributed by atoms with van der Waals surface area (Å²) in [6, 6.07) is 22.4. The quantitative estimate of drug-likeness (QED) is 0.303. The minimum absolute atomic E-state index is 0.0268. The lowest BCUT2D eigenvalue weighted by Crippen LogP contribution is -2.24. The Labute approximate surface area is 205 Å². The van der Waals surface area contributed by atoms with Gasteiger partial charge in [-0.25, -0.2) is 9.37 Å². The molecular weight excluding hydrogens is 441 g/mol. The van der Waals surface area contributed by atoms with Crippen molar-refractivity contribution < 1.29 is 13.9 Å². The number of aromatic nitrogens is 2. The second kappa shape index (κ2) is 9.90. The van der Waals surface area contributed by atoms with Crippen LogP contribution < -0.4 is 9.64 Å². The van der Waals surface area contributed by atoms with Crippen molar-refractivity contribution in [2.45, 2.75) is 45.1 Å². The number of carbonyl (C=O) groups is 1. The van der Waals surface area contributed by atoms with E-state index in [1.165, 1.54) is 17.7 Å². The highest BCUT2D eigenvalue weighted by Gasteiger charge is 2.34. The number of hydrogen-bond acceptors (Lipinski definition) is 3. The van der Waals surface area contributed by atoms with Crippen molar-refractivity contribution in [3.8, 4) is 5.75 Å². The number of halogens is 1. The Balaban J connectivity index is 1.39. The van der Waals surface area contributed by atoms with E-state index in [2.05, 4.69) is 36.6 Å². The third-order valence-corrected chi connectivity index (χ3v) is 6.95. The maximum absolute atomic E-state index is 13.4. The number of ether oxygens (including phenoxy) is 1. The van der Waals surface area contributed by atoms with E-state index in [0.29, 0.717) is 37.7 Å². The second-order valence-electron chi connectivity index (χ2n) is 9.19. The Kier molecular flexibility index (Phi) is 6.53. The van der Waals surface area contributed by atoms with Crippen LogP contribution in [0.3, 0.4) is 0 Å². The van der Waals surface area contributed by atoms with E-state index in [-0.39, 0.29) is 17.6 Å². The van der Waals surface area contributed by atoms with Gasteiger partial charge < -0.3 is 14.2 Å². The first-order valence-electron chi connectivity index (χ1n) is 12.3. The number of rotatable bonds is 8. The molecule has 180 valence electrons. The summed E-state index contributed by atoms with van der Waals surface area (Å²) in [5, 5.41) is 0. The number of amides is 1. The zero-order valence-corrected chi connectivity index (χ0v) is 20.2. The molecule has 1 aliphatic heterocycles. The van der Waals surface area contributed by atoms with E-state index < -0.39 is 0 Å². The molecule has 1 amide bonds. The molecule has 5 nitrogen and oxygen atoms in total. The van der Waals surface area contributed by atoms with Gasteiger partial charge in [0.1, 0.15) is 24.0 Å². The first kappa shape index (κ1) is 23.1. The van der Waals surface area contributed by atoms with Gasteiger partial charge in [-0.05, 0) is 60.4 Å². The van der Waals surface area contributed by atoms with E-state index in [0.717, 1.165) is 29.0 Å².